The second-order valence-electron chi connectivity index (χ2n) is 4.50. The highest BCUT2D eigenvalue weighted by Crippen LogP contribution is 2.19. The second kappa shape index (κ2) is 6.25. The molecule has 0 saturated carbocycles. The molecule has 0 radical (unpaired) electrons. The maximum absolute atomic E-state index is 5.86. The first-order valence-corrected chi connectivity index (χ1v) is 6.30. The Morgan fingerprint density at radius 1 is 1.05 bits per heavy atom. The Kier molecular flexibility index (Phi) is 4.42. The molecule has 0 heterocycles. The molecular weight excluding hydrogens is 238 g/mol. The predicted octanol–water partition coefficient (Wildman–Crippen LogP) is 3.29. The maximum Gasteiger partial charge on any atom is 0.120 e. The minimum absolute atomic E-state index is 0.0142. The van der Waals surface area contributed by atoms with Crippen molar-refractivity contribution in [3.63, 3.8) is 0 Å². The largest absolute Gasteiger partial charge is 0.497 e. The quantitative estimate of drug-likeness (QED) is 0.893. The third kappa shape index (κ3) is 3.73. The second-order valence-corrected chi connectivity index (χ2v) is 4.50. The molecule has 2 N–H and O–H groups in total. The average Bonchev–Trinajstić information content (AvgIpc) is 2.45. The van der Waals surface area contributed by atoms with Gasteiger partial charge in [0, 0.05) is 6.04 Å². The molecule has 19 heavy (non-hydrogen) atoms. The van der Waals surface area contributed by atoms with E-state index in [0.717, 1.165) is 22.6 Å². The zero-order valence-corrected chi connectivity index (χ0v) is 11.3. The van der Waals surface area contributed by atoms with Crippen LogP contribution in [0.25, 0.3) is 0 Å². The van der Waals surface area contributed by atoms with Crippen LogP contribution in [0.2, 0.25) is 0 Å². The third-order valence-electron chi connectivity index (χ3n) is 2.92. The van der Waals surface area contributed by atoms with E-state index in [2.05, 4.69) is 0 Å². The Balaban J connectivity index is 2.03. The Labute approximate surface area is 114 Å². The molecule has 0 aliphatic rings. The molecule has 0 aromatic heterocycles. The summed E-state index contributed by atoms with van der Waals surface area (Å²) in [5, 5.41) is 0. The lowest BCUT2D eigenvalue weighted by Crippen LogP contribution is -2.05. The molecule has 0 saturated heterocycles. The first-order chi connectivity index (χ1) is 9.19. The Morgan fingerprint density at radius 3 is 2.53 bits per heavy atom. The van der Waals surface area contributed by atoms with Crippen molar-refractivity contribution in [2.45, 2.75) is 19.6 Å². The van der Waals surface area contributed by atoms with Crippen LogP contribution in [0.4, 0.5) is 0 Å². The normalized spacial score (nSPS) is 11.9. The van der Waals surface area contributed by atoms with Crippen LogP contribution >= 0.6 is 0 Å². The van der Waals surface area contributed by atoms with Crippen molar-refractivity contribution in [2.75, 3.05) is 7.11 Å². The van der Waals surface area contributed by atoms with Gasteiger partial charge in [0.2, 0.25) is 0 Å². The molecule has 0 fully saturated rings. The number of rotatable bonds is 5. The Hall–Kier alpha value is -2.00. The van der Waals surface area contributed by atoms with Gasteiger partial charge in [0.1, 0.15) is 18.1 Å². The molecule has 0 aliphatic carbocycles. The first kappa shape index (κ1) is 13.4. The minimum Gasteiger partial charge on any atom is -0.497 e. The Bertz CT molecular complexity index is 538. The monoisotopic (exact) mass is 257 g/mol. The maximum atomic E-state index is 5.86. The van der Waals surface area contributed by atoms with Gasteiger partial charge in [-0.05, 0) is 42.3 Å². The van der Waals surface area contributed by atoms with E-state index in [-0.39, 0.29) is 6.04 Å². The zero-order valence-electron chi connectivity index (χ0n) is 11.3. The van der Waals surface area contributed by atoms with Crippen molar-refractivity contribution in [3.05, 3.63) is 59.7 Å². The van der Waals surface area contributed by atoms with E-state index in [1.165, 1.54) is 0 Å². The van der Waals surface area contributed by atoms with Gasteiger partial charge in [0.25, 0.3) is 0 Å². The van der Waals surface area contributed by atoms with Crippen molar-refractivity contribution in [2.24, 2.45) is 5.73 Å². The molecule has 1 atom stereocenters. The van der Waals surface area contributed by atoms with E-state index in [4.69, 9.17) is 15.2 Å². The zero-order chi connectivity index (χ0) is 13.7. The molecule has 0 unspecified atom stereocenters. The number of methoxy groups -OCH3 is 1. The summed E-state index contributed by atoms with van der Waals surface area (Å²) in [5.41, 5.74) is 8.00. The molecule has 0 amide bonds. The summed E-state index contributed by atoms with van der Waals surface area (Å²) in [7, 11) is 1.66. The highest BCUT2D eigenvalue weighted by Gasteiger charge is 2.02. The van der Waals surface area contributed by atoms with Crippen molar-refractivity contribution in [1.29, 1.82) is 0 Å². The average molecular weight is 257 g/mol. The van der Waals surface area contributed by atoms with E-state index in [9.17, 15) is 0 Å². The van der Waals surface area contributed by atoms with Crippen LogP contribution in [-0.2, 0) is 6.61 Å². The molecule has 2 aromatic rings. The number of benzene rings is 2. The number of hydrogen-bond donors (Lipinski definition) is 1. The smallest absolute Gasteiger partial charge is 0.120 e. The standard InChI is InChI=1S/C16H19NO2/c1-12(17)14-6-4-8-16(10-14)19-11-13-5-3-7-15(9-13)18-2/h3-10,12H,11,17H2,1-2H3/t12-/m1/s1. The summed E-state index contributed by atoms with van der Waals surface area (Å²) < 4.78 is 11.0. The van der Waals surface area contributed by atoms with Gasteiger partial charge in [0.15, 0.2) is 0 Å². The van der Waals surface area contributed by atoms with Gasteiger partial charge < -0.3 is 15.2 Å². The van der Waals surface area contributed by atoms with Gasteiger partial charge in [0.05, 0.1) is 7.11 Å². The van der Waals surface area contributed by atoms with Crippen LogP contribution in [0.15, 0.2) is 48.5 Å². The van der Waals surface area contributed by atoms with Crippen molar-refractivity contribution >= 4 is 0 Å². The molecule has 3 nitrogen and oxygen atoms in total. The van der Waals surface area contributed by atoms with Gasteiger partial charge in [-0.2, -0.15) is 0 Å². The fourth-order valence-corrected chi connectivity index (χ4v) is 1.82. The van der Waals surface area contributed by atoms with Crippen LogP contribution in [0.5, 0.6) is 11.5 Å². The molecule has 0 aliphatic heterocycles. The van der Waals surface area contributed by atoms with Crippen molar-refractivity contribution < 1.29 is 9.47 Å². The molecule has 3 heteroatoms. The van der Waals surface area contributed by atoms with E-state index in [1.54, 1.807) is 7.11 Å². The molecular formula is C16H19NO2. The highest BCUT2D eigenvalue weighted by atomic mass is 16.5. The van der Waals surface area contributed by atoms with E-state index in [1.807, 2.05) is 55.5 Å². The van der Waals surface area contributed by atoms with Gasteiger partial charge in [-0.3, -0.25) is 0 Å². The SMILES string of the molecule is COc1cccc(COc2cccc([C@@H](C)N)c2)c1. The van der Waals surface area contributed by atoms with Crippen LogP contribution < -0.4 is 15.2 Å². The molecule has 2 rings (SSSR count). The molecule has 2 aromatic carbocycles. The molecule has 0 bridgehead atoms. The van der Waals surface area contributed by atoms with Gasteiger partial charge in [-0.15, -0.1) is 0 Å². The summed E-state index contributed by atoms with van der Waals surface area (Å²) in [6, 6.07) is 15.7. The summed E-state index contributed by atoms with van der Waals surface area (Å²) in [4.78, 5) is 0. The van der Waals surface area contributed by atoms with Crippen molar-refractivity contribution in [3.8, 4) is 11.5 Å². The lowest BCUT2D eigenvalue weighted by Gasteiger charge is -2.10. The summed E-state index contributed by atoms with van der Waals surface area (Å²) in [5.74, 6) is 1.67. The van der Waals surface area contributed by atoms with Gasteiger partial charge in [-0.25, -0.2) is 0 Å². The Morgan fingerprint density at radius 2 is 1.79 bits per heavy atom. The minimum atomic E-state index is 0.0142. The van der Waals surface area contributed by atoms with Crippen molar-refractivity contribution in [1.82, 2.24) is 0 Å². The van der Waals surface area contributed by atoms with E-state index in [0.29, 0.717) is 6.61 Å². The lowest BCUT2D eigenvalue weighted by molar-refractivity contribution is 0.304. The topological polar surface area (TPSA) is 44.5 Å². The molecule has 100 valence electrons. The van der Waals surface area contributed by atoms with Gasteiger partial charge in [-0.1, -0.05) is 24.3 Å². The summed E-state index contributed by atoms with van der Waals surface area (Å²) >= 11 is 0. The van der Waals surface area contributed by atoms with E-state index >= 15 is 0 Å². The summed E-state index contributed by atoms with van der Waals surface area (Å²) in [6.45, 7) is 2.47. The fraction of sp³-hybridized carbons (Fsp3) is 0.250. The van der Waals surface area contributed by atoms with Gasteiger partial charge >= 0.3 is 0 Å². The van der Waals surface area contributed by atoms with Crippen LogP contribution in [-0.4, -0.2) is 7.11 Å². The number of nitrogens with two attached hydrogens (primary N) is 1. The summed E-state index contributed by atoms with van der Waals surface area (Å²) in [6.07, 6.45) is 0. The predicted molar refractivity (Wildman–Crippen MR) is 76.4 cm³/mol. The molecule has 0 spiro atoms. The lowest BCUT2D eigenvalue weighted by atomic mass is 10.1. The van der Waals surface area contributed by atoms with Crippen LogP contribution in [0.1, 0.15) is 24.1 Å². The fourth-order valence-electron chi connectivity index (χ4n) is 1.82. The number of hydrogen-bond acceptors (Lipinski definition) is 3. The van der Waals surface area contributed by atoms with Crippen LogP contribution in [0.3, 0.4) is 0 Å². The highest BCUT2D eigenvalue weighted by molar-refractivity contribution is 5.31. The van der Waals surface area contributed by atoms with Crippen LogP contribution in [0, 0.1) is 0 Å². The first-order valence-electron chi connectivity index (χ1n) is 6.30. The third-order valence-corrected chi connectivity index (χ3v) is 2.92. The number of ether oxygens (including phenoxy) is 2. The van der Waals surface area contributed by atoms with E-state index < -0.39 is 0 Å².